The zero-order chi connectivity index (χ0) is 26.2. The van der Waals surface area contributed by atoms with Gasteiger partial charge >= 0.3 is 0 Å². The Kier molecular flexibility index (Phi) is 9.38. The Hall–Kier alpha value is -3.50. The van der Waals surface area contributed by atoms with Gasteiger partial charge in [0, 0.05) is 40.9 Å². The molecule has 0 aliphatic rings. The molecule has 36 heavy (non-hydrogen) atoms. The van der Waals surface area contributed by atoms with Crippen LogP contribution in [0.1, 0.15) is 20.8 Å². The van der Waals surface area contributed by atoms with E-state index in [0.717, 1.165) is 34.6 Å². The minimum absolute atomic E-state index is 0.850. The average molecular weight is 501 g/mol. The van der Waals surface area contributed by atoms with Crippen molar-refractivity contribution in [3.05, 3.63) is 72.8 Å². The first-order chi connectivity index (χ1) is 17.2. The number of benzene rings is 3. The first-order valence-corrected chi connectivity index (χ1v) is 13.3. The fourth-order valence-corrected chi connectivity index (χ4v) is 5.80. The number of nitrogens with zero attached hydrogens (tertiary/aromatic N) is 5. The quantitative estimate of drug-likeness (QED) is 0.290. The van der Waals surface area contributed by atoms with Gasteiger partial charge in [-0.05, 0) is 81.0 Å². The number of rotatable bonds is 6. The van der Waals surface area contributed by atoms with Gasteiger partial charge in [0.1, 0.15) is 11.7 Å². The van der Waals surface area contributed by atoms with E-state index < -0.39 is 7.92 Å². The molecule has 0 heterocycles. The van der Waals surface area contributed by atoms with Crippen molar-refractivity contribution < 1.29 is 0 Å². The van der Waals surface area contributed by atoms with E-state index in [4.69, 9.17) is 9.98 Å². The van der Waals surface area contributed by atoms with Crippen molar-refractivity contribution in [1.82, 2.24) is 9.80 Å². The third-order valence-electron chi connectivity index (χ3n) is 5.82. The molecule has 3 aromatic rings. The summed E-state index contributed by atoms with van der Waals surface area (Å²) in [6, 6.07) is 25.7. The fourth-order valence-electron chi connectivity index (χ4n) is 3.41. The topological polar surface area (TPSA) is 55.6 Å². The Morgan fingerprint density at radius 2 is 1.11 bits per heavy atom. The summed E-state index contributed by atoms with van der Waals surface area (Å²) in [6.45, 7) is 6.02. The number of hydrogen-bond donors (Lipinski definition) is 1. The van der Waals surface area contributed by atoms with Gasteiger partial charge in [0.15, 0.2) is 0 Å². The van der Waals surface area contributed by atoms with Crippen LogP contribution < -0.4 is 21.2 Å². The third kappa shape index (κ3) is 7.25. The van der Waals surface area contributed by atoms with E-state index in [1.165, 1.54) is 15.9 Å². The fraction of sp³-hybridized carbons (Fsp3) is 0.276. The summed E-state index contributed by atoms with van der Waals surface area (Å²) in [5, 5.41) is 7.12. The molecule has 0 saturated heterocycles. The third-order valence-corrected chi connectivity index (χ3v) is 8.20. The maximum absolute atomic E-state index is 4.83. The van der Waals surface area contributed by atoms with Crippen LogP contribution in [0, 0.1) is 0 Å². The monoisotopic (exact) mass is 500 g/mol. The second-order valence-electron chi connectivity index (χ2n) is 8.97. The molecule has 3 rings (SSSR count). The smallest absolute Gasteiger partial charge is 0.101 e. The van der Waals surface area contributed by atoms with Crippen molar-refractivity contribution in [1.29, 1.82) is 0 Å². The highest BCUT2D eigenvalue weighted by atomic mass is 31.1. The van der Waals surface area contributed by atoms with Gasteiger partial charge < -0.3 is 15.1 Å². The second kappa shape index (κ2) is 12.5. The average Bonchev–Trinajstić information content (AvgIpc) is 2.84. The molecule has 3 aromatic carbocycles. The van der Waals surface area contributed by atoms with Crippen molar-refractivity contribution in [2.24, 2.45) is 15.0 Å². The van der Waals surface area contributed by atoms with Crippen LogP contribution in [0.4, 0.5) is 17.1 Å². The first kappa shape index (κ1) is 27.1. The molecule has 0 radical (unpaired) electrons. The normalized spacial score (nSPS) is 13.4. The number of amidine groups is 3. The summed E-state index contributed by atoms with van der Waals surface area (Å²) in [7, 11) is 8.99. The maximum Gasteiger partial charge on any atom is 0.101 e. The molecule has 0 spiro atoms. The standard InChI is InChI=1S/C29H37N6P/c1-21(30-4)31-24-12-9-15-27(18-24)36(28-16-10-13-25(19-28)32-22(2)34(5)6)29-17-11-14-26(20-29)33-23(3)35(7)8/h9-20H,1-8H3,(H,30,31). The van der Waals surface area contributed by atoms with Crippen LogP contribution in [0.25, 0.3) is 0 Å². The van der Waals surface area contributed by atoms with E-state index >= 15 is 0 Å². The molecule has 0 aromatic heterocycles. The van der Waals surface area contributed by atoms with Crippen molar-refractivity contribution in [3.63, 3.8) is 0 Å². The van der Waals surface area contributed by atoms with Gasteiger partial charge in [-0.3, -0.25) is 4.99 Å². The molecular weight excluding hydrogens is 463 g/mol. The van der Waals surface area contributed by atoms with E-state index in [2.05, 4.69) is 83.1 Å². The minimum atomic E-state index is -0.850. The van der Waals surface area contributed by atoms with E-state index in [1.807, 2.05) is 58.8 Å². The van der Waals surface area contributed by atoms with Crippen molar-refractivity contribution >= 4 is 58.4 Å². The Balaban J connectivity index is 2.16. The van der Waals surface area contributed by atoms with E-state index in [-0.39, 0.29) is 0 Å². The lowest BCUT2D eigenvalue weighted by Gasteiger charge is -2.21. The van der Waals surface area contributed by atoms with Crippen molar-refractivity contribution in [2.75, 3.05) is 40.6 Å². The highest BCUT2D eigenvalue weighted by Gasteiger charge is 2.18. The Bertz CT molecular complexity index is 1210. The van der Waals surface area contributed by atoms with Crippen LogP contribution >= 0.6 is 7.92 Å². The number of nitrogens with one attached hydrogen (secondary N) is 1. The number of hydrogen-bond acceptors (Lipinski definition) is 3. The molecule has 0 saturated carbocycles. The highest BCUT2D eigenvalue weighted by molar-refractivity contribution is 7.79. The molecule has 7 heteroatoms. The van der Waals surface area contributed by atoms with Gasteiger partial charge in [-0.15, -0.1) is 0 Å². The largest absolute Gasteiger partial charge is 0.366 e. The van der Waals surface area contributed by atoms with E-state index in [0.29, 0.717) is 0 Å². The Morgan fingerprint density at radius 3 is 1.56 bits per heavy atom. The number of aliphatic imine (C=N–C) groups is 3. The molecule has 6 nitrogen and oxygen atoms in total. The van der Waals surface area contributed by atoms with E-state index in [9.17, 15) is 0 Å². The maximum atomic E-state index is 4.83. The molecular formula is C29H37N6P. The lowest BCUT2D eigenvalue weighted by atomic mass is 10.3. The highest BCUT2D eigenvalue weighted by Crippen LogP contribution is 2.36. The summed E-state index contributed by atoms with van der Waals surface area (Å²) in [5.41, 5.74) is 2.93. The van der Waals surface area contributed by atoms with Crippen LogP contribution in [0.2, 0.25) is 0 Å². The lowest BCUT2D eigenvalue weighted by Crippen LogP contribution is -2.22. The van der Waals surface area contributed by atoms with E-state index in [1.54, 1.807) is 7.05 Å². The second-order valence-corrected chi connectivity index (χ2v) is 11.2. The summed E-state index contributed by atoms with van der Waals surface area (Å²) in [4.78, 5) is 18.0. The molecule has 1 N–H and O–H groups in total. The zero-order valence-electron chi connectivity index (χ0n) is 22.6. The lowest BCUT2D eigenvalue weighted by molar-refractivity contribution is 0.619. The molecule has 188 valence electrons. The van der Waals surface area contributed by atoms with Crippen molar-refractivity contribution in [3.8, 4) is 0 Å². The first-order valence-electron chi connectivity index (χ1n) is 11.9. The molecule has 0 amide bonds. The van der Waals surface area contributed by atoms with Gasteiger partial charge in [-0.25, -0.2) is 9.98 Å². The van der Waals surface area contributed by atoms with Gasteiger partial charge in [0.25, 0.3) is 0 Å². The number of anilines is 1. The van der Waals surface area contributed by atoms with Gasteiger partial charge in [0.05, 0.1) is 17.2 Å². The SMILES string of the molecule is CN=C(C)Nc1cccc(P(c2cccc(N=C(C)N(C)C)c2)c2cccc(N=C(C)N(C)C)c2)c1. The summed E-state index contributed by atoms with van der Waals surface area (Å²) in [5.74, 6) is 2.81. The molecule has 0 aliphatic heterocycles. The van der Waals surface area contributed by atoms with Crippen LogP contribution in [0.3, 0.4) is 0 Å². The van der Waals surface area contributed by atoms with Gasteiger partial charge in [-0.1, -0.05) is 36.4 Å². The van der Waals surface area contributed by atoms with Gasteiger partial charge in [0.2, 0.25) is 0 Å². The van der Waals surface area contributed by atoms with Crippen molar-refractivity contribution in [2.45, 2.75) is 20.8 Å². The molecule has 0 fully saturated rings. The Labute approximate surface area is 217 Å². The zero-order valence-corrected chi connectivity index (χ0v) is 23.5. The summed E-state index contributed by atoms with van der Waals surface area (Å²) < 4.78 is 0. The Morgan fingerprint density at radius 1 is 0.667 bits per heavy atom. The van der Waals surface area contributed by atoms with Crippen LogP contribution in [0.15, 0.2) is 87.8 Å². The van der Waals surface area contributed by atoms with Crippen LogP contribution in [-0.4, -0.2) is 62.5 Å². The predicted octanol–water partition coefficient (Wildman–Crippen LogP) is 5.13. The van der Waals surface area contributed by atoms with Crippen LogP contribution in [-0.2, 0) is 0 Å². The van der Waals surface area contributed by atoms with Gasteiger partial charge in [-0.2, -0.15) is 0 Å². The minimum Gasteiger partial charge on any atom is -0.366 e. The van der Waals surface area contributed by atoms with Crippen LogP contribution in [0.5, 0.6) is 0 Å². The predicted molar refractivity (Wildman–Crippen MR) is 161 cm³/mol. The molecule has 0 atom stereocenters. The summed E-state index contributed by atoms with van der Waals surface area (Å²) >= 11 is 0. The molecule has 0 bridgehead atoms. The summed E-state index contributed by atoms with van der Waals surface area (Å²) in [6.07, 6.45) is 0. The molecule has 0 unspecified atom stereocenters. The molecule has 0 aliphatic carbocycles.